The van der Waals surface area contributed by atoms with Crippen molar-refractivity contribution in [2.24, 2.45) is 0 Å². The zero-order chi connectivity index (χ0) is 13.8. The summed E-state index contributed by atoms with van der Waals surface area (Å²) in [4.78, 5) is 15.9. The lowest BCUT2D eigenvalue weighted by molar-refractivity contribution is -0.120. The van der Waals surface area contributed by atoms with E-state index in [4.69, 9.17) is 23.2 Å². The molecule has 1 heterocycles. The second-order valence-corrected chi connectivity index (χ2v) is 4.99. The van der Waals surface area contributed by atoms with Gasteiger partial charge < -0.3 is 9.88 Å². The number of aryl methyl sites for hydroxylation is 2. The second kappa shape index (κ2) is 6.26. The van der Waals surface area contributed by atoms with Crippen molar-refractivity contribution in [3.05, 3.63) is 29.0 Å². The van der Waals surface area contributed by atoms with Crippen LogP contribution in [0.15, 0.2) is 18.2 Å². The summed E-state index contributed by atoms with van der Waals surface area (Å²) in [6.45, 7) is 0.587. The molecule has 1 aromatic carbocycles. The van der Waals surface area contributed by atoms with Crippen molar-refractivity contribution in [1.29, 1.82) is 0 Å². The first-order valence-corrected chi connectivity index (χ1v) is 6.98. The Kier molecular flexibility index (Phi) is 4.66. The summed E-state index contributed by atoms with van der Waals surface area (Å²) in [7, 11) is 1.63. The van der Waals surface area contributed by atoms with Gasteiger partial charge in [0.2, 0.25) is 5.91 Å². The Morgan fingerprint density at radius 1 is 1.47 bits per heavy atom. The maximum Gasteiger partial charge on any atom is 0.221 e. The number of nitrogens with one attached hydrogen (secondary N) is 1. The van der Waals surface area contributed by atoms with Crippen molar-refractivity contribution in [1.82, 2.24) is 14.9 Å². The van der Waals surface area contributed by atoms with Crippen molar-refractivity contribution in [2.75, 3.05) is 12.9 Å². The maximum atomic E-state index is 11.4. The minimum absolute atomic E-state index is 0.00707. The van der Waals surface area contributed by atoms with Crippen molar-refractivity contribution in [3.8, 4) is 0 Å². The Morgan fingerprint density at radius 2 is 2.26 bits per heavy atom. The molecule has 0 aliphatic heterocycles. The minimum atomic E-state index is 0.00707. The molecule has 0 spiro atoms. The molecule has 0 unspecified atom stereocenters. The highest BCUT2D eigenvalue weighted by molar-refractivity contribution is 6.31. The monoisotopic (exact) mass is 299 g/mol. The van der Waals surface area contributed by atoms with E-state index in [0.717, 1.165) is 16.9 Å². The van der Waals surface area contributed by atoms with Crippen LogP contribution in [-0.4, -0.2) is 28.4 Å². The highest BCUT2D eigenvalue weighted by atomic mass is 35.5. The van der Waals surface area contributed by atoms with Crippen molar-refractivity contribution in [3.63, 3.8) is 0 Å². The number of benzene rings is 1. The number of fused-ring (bicyclic) bond motifs is 1. The molecular formula is C13H15Cl2N3O. The first-order chi connectivity index (χ1) is 9.15. The summed E-state index contributed by atoms with van der Waals surface area (Å²) >= 11 is 11.8. The largest absolute Gasteiger partial charge is 0.359 e. The van der Waals surface area contributed by atoms with E-state index < -0.39 is 0 Å². The molecule has 19 heavy (non-hydrogen) atoms. The molecule has 1 aromatic heterocycles. The van der Waals surface area contributed by atoms with E-state index in [1.54, 1.807) is 7.05 Å². The Labute approximate surface area is 121 Å². The van der Waals surface area contributed by atoms with Crippen LogP contribution in [0.1, 0.15) is 12.2 Å². The van der Waals surface area contributed by atoms with Gasteiger partial charge in [0.25, 0.3) is 0 Å². The van der Waals surface area contributed by atoms with E-state index in [9.17, 15) is 4.79 Å². The molecule has 0 aliphatic carbocycles. The summed E-state index contributed by atoms with van der Waals surface area (Å²) in [5.74, 6) is 1.39. The van der Waals surface area contributed by atoms with E-state index in [2.05, 4.69) is 10.3 Å². The van der Waals surface area contributed by atoms with Gasteiger partial charge in [-0.3, -0.25) is 4.79 Å². The van der Waals surface area contributed by atoms with Crippen LogP contribution in [0.3, 0.4) is 0 Å². The summed E-state index contributed by atoms with van der Waals surface area (Å²) in [5, 5.41) is 3.27. The highest BCUT2D eigenvalue weighted by Crippen LogP contribution is 2.21. The van der Waals surface area contributed by atoms with Crippen LogP contribution >= 0.6 is 23.2 Å². The SMILES string of the molecule is CNC(=O)CCn1c(CCCl)nc2cc(Cl)ccc21. The van der Waals surface area contributed by atoms with Gasteiger partial charge in [-0.25, -0.2) is 4.98 Å². The average molecular weight is 300 g/mol. The van der Waals surface area contributed by atoms with Crippen LogP contribution in [0.2, 0.25) is 5.02 Å². The van der Waals surface area contributed by atoms with Crippen LogP contribution in [0.4, 0.5) is 0 Å². The number of carbonyl (C=O) groups excluding carboxylic acids is 1. The lowest BCUT2D eigenvalue weighted by Crippen LogP contribution is -2.20. The molecule has 1 N–H and O–H groups in total. The van der Waals surface area contributed by atoms with Gasteiger partial charge in [-0.1, -0.05) is 11.6 Å². The number of amides is 1. The van der Waals surface area contributed by atoms with E-state index in [1.165, 1.54) is 0 Å². The number of aromatic nitrogens is 2. The van der Waals surface area contributed by atoms with Gasteiger partial charge >= 0.3 is 0 Å². The topological polar surface area (TPSA) is 46.9 Å². The molecule has 0 aliphatic rings. The smallest absolute Gasteiger partial charge is 0.221 e. The molecule has 6 heteroatoms. The Hall–Kier alpha value is -1.26. The Bertz CT molecular complexity index is 595. The number of carbonyl (C=O) groups is 1. The average Bonchev–Trinajstić information content (AvgIpc) is 2.73. The van der Waals surface area contributed by atoms with E-state index in [-0.39, 0.29) is 5.91 Å². The van der Waals surface area contributed by atoms with Gasteiger partial charge in [0.05, 0.1) is 11.0 Å². The molecule has 0 radical (unpaired) electrons. The third-order valence-corrected chi connectivity index (χ3v) is 3.37. The van der Waals surface area contributed by atoms with Crippen LogP contribution in [0.25, 0.3) is 11.0 Å². The van der Waals surface area contributed by atoms with Gasteiger partial charge in [0.15, 0.2) is 0 Å². The van der Waals surface area contributed by atoms with Crippen molar-refractivity contribution in [2.45, 2.75) is 19.4 Å². The third kappa shape index (κ3) is 3.19. The summed E-state index contributed by atoms with van der Waals surface area (Å²) in [5.41, 5.74) is 1.82. The standard InChI is InChI=1S/C13H15Cl2N3O/c1-16-13(19)5-7-18-11-3-2-9(15)8-10(11)17-12(18)4-6-14/h2-3,8H,4-7H2,1H3,(H,16,19). The molecule has 0 saturated carbocycles. The van der Waals surface area contributed by atoms with Gasteiger partial charge in [-0.05, 0) is 18.2 Å². The van der Waals surface area contributed by atoms with E-state index in [0.29, 0.717) is 30.3 Å². The van der Waals surface area contributed by atoms with E-state index in [1.807, 2.05) is 22.8 Å². The molecule has 102 valence electrons. The van der Waals surface area contributed by atoms with Gasteiger partial charge in [-0.2, -0.15) is 0 Å². The van der Waals surface area contributed by atoms with Crippen LogP contribution in [0, 0.1) is 0 Å². The zero-order valence-electron chi connectivity index (χ0n) is 10.6. The van der Waals surface area contributed by atoms with E-state index >= 15 is 0 Å². The number of rotatable bonds is 5. The fourth-order valence-corrected chi connectivity index (χ4v) is 2.35. The molecule has 0 fully saturated rings. The minimum Gasteiger partial charge on any atom is -0.359 e. The normalized spacial score (nSPS) is 10.9. The molecule has 0 atom stereocenters. The number of nitrogens with zero attached hydrogens (tertiary/aromatic N) is 2. The third-order valence-electron chi connectivity index (χ3n) is 2.95. The number of hydrogen-bond acceptors (Lipinski definition) is 2. The molecule has 4 nitrogen and oxygen atoms in total. The second-order valence-electron chi connectivity index (χ2n) is 4.17. The summed E-state index contributed by atoms with van der Waals surface area (Å²) < 4.78 is 2.03. The Morgan fingerprint density at radius 3 is 2.95 bits per heavy atom. The molecule has 1 amide bonds. The van der Waals surface area contributed by atoms with Crippen molar-refractivity contribution < 1.29 is 4.79 Å². The maximum absolute atomic E-state index is 11.4. The molecular weight excluding hydrogens is 285 g/mol. The number of alkyl halides is 1. The first-order valence-electron chi connectivity index (χ1n) is 6.07. The Balaban J connectivity index is 2.37. The quantitative estimate of drug-likeness (QED) is 0.863. The molecule has 0 bridgehead atoms. The lowest BCUT2D eigenvalue weighted by Gasteiger charge is -2.07. The number of imidazole rings is 1. The van der Waals surface area contributed by atoms with Crippen LogP contribution in [-0.2, 0) is 17.8 Å². The molecule has 2 aromatic rings. The van der Waals surface area contributed by atoms with Gasteiger partial charge in [0.1, 0.15) is 5.82 Å². The summed E-state index contributed by atoms with van der Waals surface area (Å²) in [6, 6.07) is 5.57. The summed E-state index contributed by atoms with van der Waals surface area (Å²) in [6.07, 6.45) is 1.08. The van der Waals surface area contributed by atoms with Gasteiger partial charge in [0, 0.05) is 37.3 Å². The fraction of sp³-hybridized carbons (Fsp3) is 0.385. The first kappa shape index (κ1) is 14.2. The number of halogens is 2. The predicted molar refractivity (Wildman–Crippen MR) is 77.9 cm³/mol. The zero-order valence-corrected chi connectivity index (χ0v) is 12.1. The lowest BCUT2D eigenvalue weighted by atomic mass is 10.3. The van der Waals surface area contributed by atoms with Gasteiger partial charge in [-0.15, -0.1) is 11.6 Å². The fourth-order valence-electron chi connectivity index (χ4n) is 2.02. The predicted octanol–water partition coefficient (Wildman–Crippen LogP) is 2.61. The van der Waals surface area contributed by atoms with Crippen LogP contribution < -0.4 is 5.32 Å². The van der Waals surface area contributed by atoms with Crippen molar-refractivity contribution >= 4 is 40.1 Å². The molecule has 2 rings (SSSR count). The van der Waals surface area contributed by atoms with Crippen LogP contribution in [0.5, 0.6) is 0 Å². The number of hydrogen-bond donors (Lipinski definition) is 1. The molecule has 0 saturated heterocycles. The highest BCUT2D eigenvalue weighted by Gasteiger charge is 2.11.